The summed E-state index contributed by atoms with van der Waals surface area (Å²) >= 11 is 0. The number of carbonyl (C=O) groups is 2. The number of ether oxygens (including phenoxy) is 2. The third-order valence-corrected chi connectivity index (χ3v) is 9.77. The van der Waals surface area contributed by atoms with Crippen molar-refractivity contribution in [3.05, 3.63) is 12.2 Å². The van der Waals surface area contributed by atoms with Gasteiger partial charge < -0.3 is 19.3 Å². The Bertz CT molecular complexity index is 827. The van der Waals surface area contributed by atoms with Crippen LogP contribution in [-0.2, 0) is 28.2 Å². The minimum Gasteiger partial charge on any atom is -0.462 e. The maximum Gasteiger partial charge on any atom is 0.469 e. The van der Waals surface area contributed by atoms with E-state index in [9.17, 15) is 14.2 Å². The van der Waals surface area contributed by atoms with Gasteiger partial charge in [-0.3, -0.25) is 14.1 Å². The van der Waals surface area contributed by atoms with E-state index in [-0.39, 0.29) is 19.4 Å². The molecule has 50 heavy (non-hydrogen) atoms. The van der Waals surface area contributed by atoms with E-state index in [1.54, 1.807) is 0 Å². The van der Waals surface area contributed by atoms with Crippen molar-refractivity contribution in [1.82, 2.24) is 0 Å². The molecule has 0 spiro atoms. The average molecular weight is 731 g/mol. The Morgan fingerprint density at radius 1 is 0.500 bits per heavy atom. The number of carbonyl (C=O) groups excluding carboxylic acids is 2. The highest BCUT2D eigenvalue weighted by atomic mass is 31.2. The lowest BCUT2D eigenvalue weighted by Crippen LogP contribution is -2.29. The van der Waals surface area contributed by atoms with E-state index in [0.29, 0.717) is 6.42 Å². The summed E-state index contributed by atoms with van der Waals surface area (Å²) in [5.41, 5.74) is 0. The molecule has 8 nitrogen and oxygen atoms in total. The van der Waals surface area contributed by atoms with Crippen LogP contribution >= 0.6 is 7.82 Å². The Hall–Kier alpha value is -1.21. The summed E-state index contributed by atoms with van der Waals surface area (Å²) in [6.07, 6.45) is 40.8. The largest absolute Gasteiger partial charge is 0.469 e. The van der Waals surface area contributed by atoms with Crippen molar-refractivity contribution in [3.63, 3.8) is 0 Å². The molecular formula is C41H79O8P. The third kappa shape index (κ3) is 39.6. The predicted octanol–water partition coefficient (Wildman–Crippen LogP) is 12.6. The van der Waals surface area contributed by atoms with Gasteiger partial charge >= 0.3 is 19.8 Å². The van der Waals surface area contributed by atoms with Gasteiger partial charge in [0.05, 0.1) is 6.61 Å². The molecule has 0 amide bonds. The maximum atomic E-state index is 12.4. The van der Waals surface area contributed by atoms with E-state index in [0.717, 1.165) is 51.4 Å². The number of hydrogen-bond donors (Lipinski definition) is 2. The normalized spacial score (nSPS) is 12.5. The van der Waals surface area contributed by atoms with Crippen LogP contribution in [0.3, 0.4) is 0 Å². The molecule has 1 atom stereocenters. The molecule has 0 aliphatic heterocycles. The molecule has 296 valence electrons. The number of esters is 2. The lowest BCUT2D eigenvalue weighted by molar-refractivity contribution is -0.161. The fraction of sp³-hybridized carbons (Fsp3) is 0.902. The van der Waals surface area contributed by atoms with Gasteiger partial charge in [0.2, 0.25) is 0 Å². The van der Waals surface area contributed by atoms with Gasteiger partial charge in [0.1, 0.15) is 6.61 Å². The van der Waals surface area contributed by atoms with Crippen molar-refractivity contribution >= 4 is 19.8 Å². The van der Waals surface area contributed by atoms with Crippen LogP contribution in [0, 0.1) is 0 Å². The minimum absolute atomic E-state index is 0.206. The molecule has 0 aliphatic carbocycles. The van der Waals surface area contributed by atoms with Gasteiger partial charge in [-0.25, -0.2) is 4.57 Å². The molecule has 0 aromatic heterocycles. The van der Waals surface area contributed by atoms with Crippen molar-refractivity contribution in [3.8, 4) is 0 Å². The van der Waals surface area contributed by atoms with Crippen LogP contribution in [0.4, 0.5) is 0 Å². The molecule has 0 aromatic rings. The SMILES string of the molecule is CCCCCCC/C=C/CCCCCCCC(=O)O[C@H](COC(=O)CCCCCCCCCCCCCCCCCCCC)COP(=O)(O)O. The van der Waals surface area contributed by atoms with Crippen LogP contribution in [0.1, 0.15) is 219 Å². The monoisotopic (exact) mass is 731 g/mol. The quantitative estimate of drug-likeness (QED) is 0.0278. The number of unbranched alkanes of at least 4 members (excludes halogenated alkanes) is 27. The van der Waals surface area contributed by atoms with Crippen molar-refractivity contribution in [2.45, 2.75) is 225 Å². The van der Waals surface area contributed by atoms with E-state index < -0.39 is 32.5 Å². The fourth-order valence-corrected chi connectivity index (χ4v) is 6.49. The smallest absolute Gasteiger partial charge is 0.462 e. The summed E-state index contributed by atoms with van der Waals surface area (Å²) < 4.78 is 26.4. The molecule has 0 aliphatic rings. The second-order valence-corrected chi connectivity index (χ2v) is 15.6. The van der Waals surface area contributed by atoms with Gasteiger partial charge in [0.15, 0.2) is 6.10 Å². The van der Waals surface area contributed by atoms with E-state index >= 15 is 0 Å². The average Bonchev–Trinajstić information content (AvgIpc) is 3.08. The number of phosphoric acid groups is 1. The van der Waals surface area contributed by atoms with Gasteiger partial charge in [0.25, 0.3) is 0 Å². The van der Waals surface area contributed by atoms with Crippen LogP contribution < -0.4 is 0 Å². The zero-order chi connectivity index (χ0) is 36.8. The molecular weight excluding hydrogens is 651 g/mol. The molecule has 0 aromatic carbocycles. The van der Waals surface area contributed by atoms with E-state index in [4.69, 9.17) is 19.3 Å². The molecule has 0 heterocycles. The molecule has 0 saturated heterocycles. The van der Waals surface area contributed by atoms with Gasteiger partial charge in [-0.1, -0.05) is 180 Å². The van der Waals surface area contributed by atoms with E-state index in [2.05, 4.69) is 30.5 Å². The lowest BCUT2D eigenvalue weighted by Gasteiger charge is -2.18. The van der Waals surface area contributed by atoms with Gasteiger partial charge in [0, 0.05) is 12.8 Å². The summed E-state index contributed by atoms with van der Waals surface area (Å²) in [7, 11) is -4.75. The van der Waals surface area contributed by atoms with Crippen LogP contribution in [0.25, 0.3) is 0 Å². The van der Waals surface area contributed by atoms with Crippen LogP contribution in [0.15, 0.2) is 12.2 Å². The topological polar surface area (TPSA) is 119 Å². The first-order valence-electron chi connectivity index (χ1n) is 21.0. The highest BCUT2D eigenvalue weighted by molar-refractivity contribution is 7.46. The van der Waals surface area contributed by atoms with Gasteiger partial charge in [-0.15, -0.1) is 0 Å². The zero-order valence-corrected chi connectivity index (χ0v) is 33.5. The first-order chi connectivity index (χ1) is 24.3. The number of hydrogen-bond acceptors (Lipinski definition) is 6. The Kier molecular flexibility index (Phi) is 36.6. The molecule has 0 radical (unpaired) electrons. The highest BCUT2D eigenvalue weighted by Gasteiger charge is 2.22. The summed E-state index contributed by atoms with van der Waals surface area (Å²) in [5, 5.41) is 0. The second-order valence-electron chi connectivity index (χ2n) is 14.3. The van der Waals surface area contributed by atoms with E-state index in [1.807, 2.05) is 0 Å². The zero-order valence-electron chi connectivity index (χ0n) is 32.6. The fourth-order valence-electron chi connectivity index (χ4n) is 6.13. The molecule has 0 saturated carbocycles. The number of allylic oxidation sites excluding steroid dienone is 2. The third-order valence-electron chi connectivity index (χ3n) is 9.28. The molecule has 9 heteroatoms. The first-order valence-corrected chi connectivity index (χ1v) is 22.5. The van der Waals surface area contributed by atoms with Crippen molar-refractivity contribution in [1.29, 1.82) is 0 Å². The van der Waals surface area contributed by atoms with E-state index in [1.165, 1.54) is 135 Å². The maximum absolute atomic E-state index is 12.4. The molecule has 2 N–H and O–H groups in total. The summed E-state index contributed by atoms with van der Waals surface area (Å²) in [5.74, 6) is -0.883. The molecule has 0 bridgehead atoms. The lowest BCUT2D eigenvalue weighted by atomic mass is 10.0. The molecule has 0 fully saturated rings. The van der Waals surface area contributed by atoms with Crippen molar-refractivity contribution in [2.24, 2.45) is 0 Å². The highest BCUT2D eigenvalue weighted by Crippen LogP contribution is 2.36. The number of rotatable bonds is 39. The van der Waals surface area contributed by atoms with Crippen molar-refractivity contribution in [2.75, 3.05) is 13.2 Å². The van der Waals surface area contributed by atoms with Crippen LogP contribution in [-0.4, -0.2) is 41.0 Å². The number of phosphoric ester groups is 1. The Balaban J connectivity index is 3.87. The minimum atomic E-state index is -4.75. The van der Waals surface area contributed by atoms with Crippen LogP contribution in [0.2, 0.25) is 0 Å². The molecule has 0 unspecified atom stereocenters. The van der Waals surface area contributed by atoms with Crippen molar-refractivity contribution < 1.29 is 37.9 Å². The second kappa shape index (κ2) is 37.5. The summed E-state index contributed by atoms with van der Waals surface area (Å²) in [6, 6.07) is 0. The summed E-state index contributed by atoms with van der Waals surface area (Å²) in [6.45, 7) is 3.69. The first kappa shape index (κ1) is 48.8. The Labute approximate surface area is 307 Å². The summed E-state index contributed by atoms with van der Waals surface area (Å²) in [4.78, 5) is 42.8. The molecule has 0 rings (SSSR count). The van der Waals surface area contributed by atoms with Gasteiger partial charge in [-0.2, -0.15) is 0 Å². The van der Waals surface area contributed by atoms with Crippen LogP contribution in [0.5, 0.6) is 0 Å². The Morgan fingerprint density at radius 2 is 0.840 bits per heavy atom. The van der Waals surface area contributed by atoms with Gasteiger partial charge in [-0.05, 0) is 38.5 Å². The standard InChI is InChI=1S/C41H79O8P/c1-3-5-7-9-11-13-15-17-19-20-21-22-24-25-27-29-31-33-35-40(42)47-37-39(38-48-50(44,45)46)49-41(43)36-34-32-30-28-26-23-18-16-14-12-10-8-6-4-2/h16,18,39H,3-15,17,19-38H2,1-2H3,(H2,44,45,46)/b18-16+/t39-/m1/s1. The Morgan fingerprint density at radius 3 is 1.22 bits per heavy atom. The predicted molar refractivity (Wildman–Crippen MR) is 207 cm³/mol.